The Morgan fingerprint density at radius 3 is 2.45 bits per heavy atom. The van der Waals surface area contributed by atoms with E-state index in [1.807, 2.05) is 17.6 Å². The monoisotopic (exact) mass is 325 g/mol. The van der Waals surface area contributed by atoms with Crippen LogP contribution in [0.2, 0.25) is 0 Å². The van der Waals surface area contributed by atoms with Gasteiger partial charge in [0.25, 0.3) is 0 Å². The molecule has 0 aromatic carbocycles. The van der Waals surface area contributed by atoms with Crippen LogP contribution in [0, 0.1) is 5.92 Å². The maximum atomic E-state index is 11.6. The van der Waals surface area contributed by atoms with Crippen molar-refractivity contribution in [3.63, 3.8) is 0 Å². The molecule has 1 fully saturated rings. The molecule has 4 N–H and O–H groups in total. The Morgan fingerprint density at radius 2 is 1.95 bits per heavy atom. The van der Waals surface area contributed by atoms with E-state index in [0.717, 1.165) is 6.08 Å². The molecule has 11 heteroatoms. The molecule has 0 aliphatic carbocycles. The number of imide groups is 2. The zero-order valence-corrected chi connectivity index (χ0v) is 12.1. The number of aromatic nitrogens is 3. The van der Waals surface area contributed by atoms with Gasteiger partial charge in [-0.3, -0.25) is 25.3 Å². The van der Waals surface area contributed by atoms with Crippen LogP contribution in [0.15, 0.2) is 16.1 Å². The fourth-order valence-corrected chi connectivity index (χ4v) is 2.30. The Balaban J connectivity index is 2.23. The first-order valence-corrected chi connectivity index (χ1v) is 6.92. The van der Waals surface area contributed by atoms with Crippen molar-refractivity contribution in [1.82, 2.24) is 25.8 Å². The number of barbiturate groups is 1. The van der Waals surface area contributed by atoms with Crippen molar-refractivity contribution in [2.45, 2.75) is 18.5 Å². The Hall–Kier alpha value is -2.69. The topological polar surface area (TPSA) is 154 Å². The highest BCUT2D eigenvalue weighted by Crippen LogP contribution is 2.25. The number of hydrogen-bond acceptors (Lipinski definition) is 7. The number of carboxylic acids is 1. The first kappa shape index (κ1) is 15.7. The van der Waals surface area contributed by atoms with Crippen molar-refractivity contribution in [3.8, 4) is 0 Å². The molecule has 1 aromatic rings. The summed E-state index contributed by atoms with van der Waals surface area (Å²) in [7, 11) is 0. The second-order valence-corrected chi connectivity index (χ2v) is 5.15. The molecule has 0 atom stereocenters. The molecule has 1 aliphatic heterocycles. The summed E-state index contributed by atoms with van der Waals surface area (Å²) in [6.45, 7) is 1.84. The highest BCUT2D eigenvalue weighted by atomic mass is 32.2. The Morgan fingerprint density at radius 1 is 1.32 bits per heavy atom. The Kier molecular flexibility index (Phi) is 4.56. The summed E-state index contributed by atoms with van der Waals surface area (Å²) in [5, 5.41) is 19.5. The van der Waals surface area contributed by atoms with Crippen molar-refractivity contribution in [1.29, 1.82) is 0 Å². The summed E-state index contributed by atoms with van der Waals surface area (Å²) in [5.74, 6) is -3.97. The van der Waals surface area contributed by atoms with Gasteiger partial charge in [0.05, 0.1) is 4.91 Å². The normalized spacial score (nSPS) is 16.4. The number of urea groups is 1. The number of carbonyl (C=O) groups excluding carboxylic acids is 3. The lowest BCUT2D eigenvalue weighted by atomic mass is 10.1. The molecule has 0 saturated carbocycles. The molecule has 10 nitrogen and oxygen atoms in total. The van der Waals surface area contributed by atoms with Gasteiger partial charge in [0.15, 0.2) is 0 Å². The average Bonchev–Trinajstić information content (AvgIpc) is 2.88. The smallest absolute Gasteiger partial charge is 0.342 e. The number of nitrogens with zero attached hydrogens (tertiary/aromatic N) is 2. The van der Waals surface area contributed by atoms with Crippen molar-refractivity contribution in [3.05, 3.63) is 16.8 Å². The number of amides is 4. The van der Waals surface area contributed by atoms with Gasteiger partial charge < -0.3 is 5.11 Å². The number of nitrogens with one attached hydrogen (secondary N) is 3. The minimum atomic E-state index is -1.42. The van der Waals surface area contributed by atoms with E-state index in [1.54, 1.807) is 0 Å². The van der Waals surface area contributed by atoms with Gasteiger partial charge in [-0.05, 0) is 17.8 Å². The number of aliphatic carboxylic acids is 1. The van der Waals surface area contributed by atoms with Crippen LogP contribution in [-0.4, -0.2) is 44.1 Å². The molecule has 0 radical (unpaired) electrons. The number of carbonyl (C=O) groups is 4. The predicted molar refractivity (Wildman–Crippen MR) is 72.5 cm³/mol. The van der Waals surface area contributed by atoms with Crippen LogP contribution in [-0.2, 0) is 20.8 Å². The summed E-state index contributed by atoms with van der Waals surface area (Å²) in [4.78, 5) is 49.1. The molecule has 1 aromatic heterocycles. The number of aromatic amines is 1. The summed E-state index contributed by atoms with van der Waals surface area (Å²) in [6, 6.07) is -0.939. The lowest BCUT2D eigenvalue weighted by Gasteiger charge is -2.18. The second kappa shape index (κ2) is 6.39. The van der Waals surface area contributed by atoms with Crippen molar-refractivity contribution < 1.29 is 24.3 Å². The van der Waals surface area contributed by atoms with E-state index in [2.05, 4.69) is 15.2 Å². The van der Waals surface area contributed by atoms with Gasteiger partial charge in [0.1, 0.15) is 11.7 Å². The second-order valence-electron chi connectivity index (χ2n) is 4.14. The highest BCUT2D eigenvalue weighted by molar-refractivity contribution is 8.03. The van der Waals surface area contributed by atoms with Crippen LogP contribution < -0.4 is 10.6 Å². The Bertz CT molecular complexity index is 662. The third-order valence-corrected chi connectivity index (χ3v) is 3.51. The zero-order chi connectivity index (χ0) is 16.3. The first-order valence-electron chi connectivity index (χ1n) is 6.10. The van der Waals surface area contributed by atoms with Gasteiger partial charge in [-0.1, -0.05) is 6.92 Å². The molecular weight excluding hydrogens is 314 g/mol. The molecular formula is C11H11N5O5S. The maximum absolute atomic E-state index is 11.6. The van der Waals surface area contributed by atoms with Crippen LogP contribution in [0.1, 0.15) is 12.7 Å². The number of aryl methyl sites for hydroxylation is 1. The average molecular weight is 325 g/mol. The van der Waals surface area contributed by atoms with Crippen LogP contribution in [0.3, 0.4) is 0 Å². The van der Waals surface area contributed by atoms with Gasteiger partial charge in [-0.2, -0.15) is 0 Å². The third-order valence-electron chi connectivity index (χ3n) is 2.61. The summed E-state index contributed by atoms with van der Waals surface area (Å²) < 4.78 is 0. The van der Waals surface area contributed by atoms with Gasteiger partial charge in [-0.15, -0.1) is 5.10 Å². The summed E-state index contributed by atoms with van der Waals surface area (Å²) in [6.07, 6.45) is 1.54. The molecule has 0 bridgehead atoms. The standard InChI is InChI=1S/C11H11N5O5S/c1-2-6-12-11(16-15-6)22-5(9(19)20)3-4-7(17)13-10(21)14-8(4)18/h3-4H,2H2,1H3,(H,19,20)(H,12,15,16)(H2,13,14,17,18,21)/b5-3+. The molecule has 2 rings (SSSR count). The van der Waals surface area contributed by atoms with Gasteiger partial charge >= 0.3 is 12.0 Å². The molecule has 0 spiro atoms. The number of hydrogen-bond donors (Lipinski definition) is 4. The number of carboxylic acid groups (broad SMARTS) is 1. The number of thioether (sulfide) groups is 1. The van der Waals surface area contributed by atoms with E-state index in [4.69, 9.17) is 5.11 Å². The fourth-order valence-electron chi connectivity index (χ4n) is 1.56. The van der Waals surface area contributed by atoms with Crippen LogP contribution in [0.25, 0.3) is 0 Å². The summed E-state index contributed by atoms with van der Waals surface area (Å²) >= 11 is 0.695. The van der Waals surface area contributed by atoms with Gasteiger partial charge in [0.2, 0.25) is 17.0 Å². The van der Waals surface area contributed by atoms with Crippen LogP contribution >= 0.6 is 11.8 Å². The van der Waals surface area contributed by atoms with Crippen molar-refractivity contribution in [2.24, 2.45) is 5.92 Å². The van der Waals surface area contributed by atoms with Crippen LogP contribution in [0.5, 0.6) is 0 Å². The molecule has 4 amide bonds. The van der Waals surface area contributed by atoms with Gasteiger partial charge in [0, 0.05) is 6.42 Å². The molecule has 0 unspecified atom stereocenters. The van der Waals surface area contributed by atoms with E-state index in [-0.39, 0.29) is 10.1 Å². The predicted octanol–water partition coefficient (Wildman–Crippen LogP) is -0.590. The quantitative estimate of drug-likeness (QED) is 0.318. The highest BCUT2D eigenvalue weighted by Gasteiger charge is 2.33. The minimum absolute atomic E-state index is 0.151. The van der Waals surface area contributed by atoms with Crippen molar-refractivity contribution >= 4 is 35.6 Å². The van der Waals surface area contributed by atoms with Crippen LogP contribution in [0.4, 0.5) is 4.79 Å². The molecule has 1 saturated heterocycles. The molecule has 1 aliphatic rings. The maximum Gasteiger partial charge on any atom is 0.342 e. The van der Waals surface area contributed by atoms with E-state index >= 15 is 0 Å². The molecule has 22 heavy (non-hydrogen) atoms. The van der Waals surface area contributed by atoms with Crippen molar-refractivity contribution in [2.75, 3.05) is 0 Å². The minimum Gasteiger partial charge on any atom is -0.477 e. The molecule has 2 heterocycles. The fraction of sp³-hybridized carbons (Fsp3) is 0.273. The zero-order valence-electron chi connectivity index (χ0n) is 11.2. The molecule has 116 valence electrons. The van der Waals surface area contributed by atoms with E-state index in [0.29, 0.717) is 24.0 Å². The largest absolute Gasteiger partial charge is 0.477 e. The number of rotatable bonds is 5. The van der Waals surface area contributed by atoms with E-state index in [1.165, 1.54) is 0 Å². The van der Waals surface area contributed by atoms with E-state index < -0.39 is 29.7 Å². The van der Waals surface area contributed by atoms with Gasteiger partial charge in [-0.25, -0.2) is 14.6 Å². The Labute approximate surface area is 127 Å². The first-order chi connectivity index (χ1) is 10.4. The number of H-pyrrole nitrogens is 1. The summed E-state index contributed by atoms with van der Waals surface area (Å²) in [5.41, 5.74) is 0. The lowest BCUT2D eigenvalue weighted by molar-refractivity contribution is -0.133. The SMILES string of the molecule is CCc1nc(S/C(=C/C2C(=O)NC(=O)NC2=O)C(=O)O)n[nH]1. The lowest BCUT2D eigenvalue weighted by Crippen LogP contribution is -2.55. The third kappa shape index (κ3) is 3.49. The van der Waals surface area contributed by atoms with E-state index in [9.17, 15) is 19.2 Å².